The van der Waals surface area contributed by atoms with Crippen molar-refractivity contribution in [1.29, 1.82) is 0 Å². The van der Waals surface area contributed by atoms with Gasteiger partial charge in [-0.05, 0) is 104 Å². The molecule has 1 aliphatic carbocycles. The molecule has 0 atom stereocenters. The molecule has 1 heterocycles. The molecule has 53 heavy (non-hydrogen) atoms. The van der Waals surface area contributed by atoms with Crippen LogP contribution >= 0.6 is 0 Å². The molecule has 0 N–H and O–H groups in total. The Labute approximate surface area is 310 Å². The molecule has 0 aliphatic heterocycles. The first-order valence-electron chi connectivity index (χ1n) is 18.3. The van der Waals surface area contributed by atoms with E-state index in [4.69, 9.17) is 4.42 Å². The Morgan fingerprint density at radius 3 is 1.77 bits per heavy atom. The van der Waals surface area contributed by atoms with Crippen LogP contribution in [-0.2, 0) is 5.41 Å². The van der Waals surface area contributed by atoms with Crippen LogP contribution in [0.4, 0.5) is 17.1 Å². The number of hydrogen-bond acceptors (Lipinski definition) is 2. The zero-order valence-electron chi connectivity index (χ0n) is 29.8. The SMILES string of the molecule is CC1(C)c2ccc(N(c3cccc(-c4ccccc4)c3)c3cccc(-c4cccc5oc6ccccc6c45)c3)cc2-c2c(-c3ccccc3)cccc21. The van der Waals surface area contributed by atoms with Gasteiger partial charge in [-0.1, -0.05) is 153 Å². The Bertz CT molecular complexity index is 2810. The molecule has 0 unspecified atom stereocenters. The zero-order chi connectivity index (χ0) is 35.5. The van der Waals surface area contributed by atoms with Crippen molar-refractivity contribution in [2.75, 3.05) is 4.90 Å². The Hall–Kier alpha value is -6.64. The Kier molecular flexibility index (Phi) is 7.19. The third-order valence-corrected chi connectivity index (χ3v) is 11.1. The van der Waals surface area contributed by atoms with Gasteiger partial charge in [-0.2, -0.15) is 0 Å². The molecule has 2 heteroatoms. The van der Waals surface area contributed by atoms with Crippen LogP contribution in [0.5, 0.6) is 0 Å². The Balaban J connectivity index is 1.19. The lowest BCUT2D eigenvalue weighted by molar-refractivity contribution is 0.660. The van der Waals surface area contributed by atoms with Crippen molar-refractivity contribution in [2.24, 2.45) is 0 Å². The summed E-state index contributed by atoms with van der Waals surface area (Å²) in [7, 11) is 0. The van der Waals surface area contributed by atoms with Gasteiger partial charge in [0.1, 0.15) is 11.2 Å². The standard InChI is InChI=1S/C51H37NO/c1-51(2)45-30-29-40(33-44(45)49-41(24-13-26-46(49)51)35-17-7-4-8-18-35)52(38-21-11-19-36(31-38)34-15-5-3-6-16-34)39-22-12-20-37(32-39)42-25-14-28-48-50(42)43-23-9-10-27-47(43)53-48/h3-33H,1-2H3. The van der Waals surface area contributed by atoms with Gasteiger partial charge in [0.05, 0.1) is 0 Å². The molecule has 1 aliphatic rings. The highest BCUT2D eigenvalue weighted by atomic mass is 16.3. The van der Waals surface area contributed by atoms with E-state index < -0.39 is 0 Å². The summed E-state index contributed by atoms with van der Waals surface area (Å²) < 4.78 is 6.31. The molecule has 0 fully saturated rings. The molecule has 1 aromatic heterocycles. The minimum absolute atomic E-state index is 0.127. The van der Waals surface area contributed by atoms with Crippen LogP contribution in [0.3, 0.4) is 0 Å². The van der Waals surface area contributed by atoms with Crippen LogP contribution in [-0.4, -0.2) is 0 Å². The second kappa shape index (κ2) is 12.3. The van der Waals surface area contributed by atoms with E-state index in [1.165, 1.54) is 44.5 Å². The lowest BCUT2D eigenvalue weighted by atomic mass is 9.82. The van der Waals surface area contributed by atoms with Gasteiger partial charge in [0.2, 0.25) is 0 Å². The van der Waals surface area contributed by atoms with Crippen molar-refractivity contribution in [1.82, 2.24) is 0 Å². The first-order chi connectivity index (χ1) is 26.0. The molecular formula is C51H37NO. The molecule has 9 aromatic rings. The highest BCUT2D eigenvalue weighted by molar-refractivity contribution is 6.12. The van der Waals surface area contributed by atoms with Crippen LogP contribution in [0.2, 0.25) is 0 Å². The summed E-state index contributed by atoms with van der Waals surface area (Å²) in [6, 6.07) is 67.9. The van der Waals surface area contributed by atoms with Gasteiger partial charge in [0.25, 0.3) is 0 Å². The summed E-state index contributed by atoms with van der Waals surface area (Å²) in [6.07, 6.45) is 0. The molecule has 0 saturated heterocycles. The first-order valence-corrected chi connectivity index (χ1v) is 18.3. The third kappa shape index (κ3) is 5.10. The highest BCUT2D eigenvalue weighted by Crippen LogP contribution is 2.54. The van der Waals surface area contributed by atoms with Crippen LogP contribution in [0.15, 0.2) is 192 Å². The maximum atomic E-state index is 6.31. The van der Waals surface area contributed by atoms with Crippen LogP contribution in [0.25, 0.3) is 66.4 Å². The molecule has 0 bridgehead atoms. The van der Waals surface area contributed by atoms with E-state index in [0.29, 0.717) is 0 Å². The van der Waals surface area contributed by atoms with E-state index in [2.05, 4.69) is 195 Å². The van der Waals surface area contributed by atoms with Gasteiger partial charge < -0.3 is 9.32 Å². The Morgan fingerprint density at radius 2 is 0.981 bits per heavy atom. The van der Waals surface area contributed by atoms with Crippen molar-refractivity contribution >= 4 is 39.0 Å². The average molecular weight is 680 g/mol. The second-order valence-corrected chi connectivity index (χ2v) is 14.5. The normalized spacial score (nSPS) is 12.9. The number of benzene rings is 8. The summed E-state index contributed by atoms with van der Waals surface area (Å²) in [5.74, 6) is 0. The first kappa shape index (κ1) is 31.1. The lowest BCUT2D eigenvalue weighted by Gasteiger charge is -2.28. The average Bonchev–Trinajstić information content (AvgIpc) is 3.71. The van der Waals surface area contributed by atoms with E-state index >= 15 is 0 Å². The predicted molar refractivity (Wildman–Crippen MR) is 222 cm³/mol. The summed E-state index contributed by atoms with van der Waals surface area (Å²) in [4.78, 5) is 2.42. The molecule has 8 aromatic carbocycles. The van der Waals surface area contributed by atoms with Gasteiger partial charge in [-0.25, -0.2) is 0 Å². The van der Waals surface area contributed by atoms with Gasteiger partial charge in [-0.3, -0.25) is 0 Å². The number of nitrogens with zero attached hydrogens (tertiary/aromatic N) is 1. The number of fused-ring (bicyclic) bond motifs is 6. The summed E-state index contributed by atoms with van der Waals surface area (Å²) in [6.45, 7) is 4.72. The third-order valence-electron chi connectivity index (χ3n) is 11.1. The maximum Gasteiger partial charge on any atom is 0.136 e. The number of hydrogen-bond donors (Lipinski definition) is 0. The van der Waals surface area contributed by atoms with Gasteiger partial charge >= 0.3 is 0 Å². The lowest BCUT2D eigenvalue weighted by Crippen LogP contribution is -2.15. The zero-order valence-corrected chi connectivity index (χ0v) is 29.8. The summed E-state index contributed by atoms with van der Waals surface area (Å²) in [5, 5.41) is 2.27. The molecule has 0 saturated carbocycles. The highest BCUT2D eigenvalue weighted by Gasteiger charge is 2.37. The van der Waals surface area contributed by atoms with E-state index in [1.807, 2.05) is 12.1 Å². The second-order valence-electron chi connectivity index (χ2n) is 14.5. The van der Waals surface area contributed by atoms with E-state index in [9.17, 15) is 0 Å². The summed E-state index contributed by atoms with van der Waals surface area (Å²) >= 11 is 0. The van der Waals surface area contributed by atoms with E-state index in [1.54, 1.807) is 0 Å². The van der Waals surface area contributed by atoms with E-state index in [-0.39, 0.29) is 5.41 Å². The maximum absolute atomic E-state index is 6.31. The topological polar surface area (TPSA) is 16.4 Å². The molecular weight excluding hydrogens is 643 g/mol. The number of furan rings is 1. The van der Waals surface area contributed by atoms with Crippen molar-refractivity contribution in [3.8, 4) is 44.5 Å². The minimum Gasteiger partial charge on any atom is -0.456 e. The quantitative estimate of drug-likeness (QED) is 0.174. The fourth-order valence-electron chi connectivity index (χ4n) is 8.52. The van der Waals surface area contributed by atoms with Crippen LogP contribution in [0.1, 0.15) is 25.0 Å². The van der Waals surface area contributed by atoms with Gasteiger partial charge in [0.15, 0.2) is 0 Å². The molecule has 252 valence electrons. The molecule has 0 spiro atoms. The van der Waals surface area contributed by atoms with Crippen molar-refractivity contribution < 1.29 is 4.42 Å². The van der Waals surface area contributed by atoms with Crippen molar-refractivity contribution in [2.45, 2.75) is 19.3 Å². The Morgan fingerprint density at radius 1 is 0.396 bits per heavy atom. The predicted octanol–water partition coefficient (Wildman–Crippen LogP) is 14.4. The monoisotopic (exact) mass is 679 g/mol. The molecule has 0 radical (unpaired) electrons. The van der Waals surface area contributed by atoms with Crippen molar-refractivity contribution in [3.05, 3.63) is 199 Å². The summed E-state index contributed by atoms with van der Waals surface area (Å²) in [5.41, 5.74) is 17.5. The van der Waals surface area contributed by atoms with Crippen LogP contribution in [0, 0.1) is 0 Å². The minimum atomic E-state index is -0.127. The smallest absolute Gasteiger partial charge is 0.136 e. The largest absolute Gasteiger partial charge is 0.456 e. The molecule has 2 nitrogen and oxygen atoms in total. The molecule has 0 amide bonds. The number of anilines is 3. The van der Waals surface area contributed by atoms with Crippen LogP contribution < -0.4 is 4.90 Å². The number of rotatable bonds is 6. The molecule has 10 rings (SSSR count). The number of para-hydroxylation sites is 1. The van der Waals surface area contributed by atoms with Gasteiger partial charge in [-0.15, -0.1) is 0 Å². The fourth-order valence-corrected chi connectivity index (χ4v) is 8.52. The fraction of sp³-hybridized carbons (Fsp3) is 0.0588. The van der Waals surface area contributed by atoms with Crippen molar-refractivity contribution in [3.63, 3.8) is 0 Å². The van der Waals surface area contributed by atoms with Gasteiger partial charge in [0, 0.05) is 33.2 Å². The van der Waals surface area contributed by atoms with E-state index in [0.717, 1.165) is 50.1 Å².